The van der Waals surface area contributed by atoms with E-state index in [1.54, 1.807) is 0 Å². The Bertz CT molecular complexity index is 163. The van der Waals surface area contributed by atoms with Crippen LogP contribution in [-0.2, 0) is 0 Å². The standard InChI is InChI=1S/C16H35N/c1-7-8-17-12-16(10-14(4)5)11-15(6)9-13(2)3/h13-17H,7-12H2,1-6H3. The molecule has 0 aliphatic carbocycles. The molecular weight excluding hydrogens is 206 g/mol. The molecule has 0 aliphatic heterocycles. The largest absolute Gasteiger partial charge is 0.316 e. The summed E-state index contributed by atoms with van der Waals surface area (Å²) in [5.74, 6) is 3.42. The van der Waals surface area contributed by atoms with Crippen LogP contribution in [0.4, 0.5) is 0 Å². The maximum absolute atomic E-state index is 3.60. The van der Waals surface area contributed by atoms with Gasteiger partial charge in [0.25, 0.3) is 0 Å². The number of hydrogen-bond acceptors (Lipinski definition) is 1. The van der Waals surface area contributed by atoms with E-state index in [2.05, 4.69) is 46.9 Å². The molecule has 0 aromatic heterocycles. The summed E-state index contributed by atoms with van der Waals surface area (Å²) < 4.78 is 0. The van der Waals surface area contributed by atoms with Gasteiger partial charge in [-0.25, -0.2) is 0 Å². The second kappa shape index (κ2) is 9.94. The lowest BCUT2D eigenvalue weighted by Crippen LogP contribution is -2.26. The highest BCUT2D eigenvalue weighted by atomic mass is 14.8. The molecule has 2 atom stereocenters. The van der Waals surface area contributed by atoms with Crippen LogP contribution >= 0.6 is 0 Å². The Morgan fingerprint density at radius 1 is 0.824 bits per heavy atom. The zero-order valence-corrected chi connectivity index (χ0v) is 13.1. The molecule has 0 spiro atoms. The number of hydrogen-bond donors (Lipinski definition) is 1. The molecule has 0 saturated carbocycles. The van der Waals surface area contributed by atoms with Gasteiger partial charge in [0.05, 0.1) is 0 Å². The van der Waals surface area contributed by atoms with Crippen LogP contribution in [0.15, 0.2) is 0 Å². The smallest absolute Gasteiger partial charge is 0.00203 e. The first-order chi connectivity index (χ1) is 7.95. The fourth-order valence-electron chi connectivity index (χ4n) is 2.88. The van der Waals surface area contributed by atoms with Gasteiger partial charge in [-0.3, -0.25) is 0 Å². The molecule has 0 rings (SSSR count). The topological polar surface area (TPSA) is 12.0 Å². The van der Waals surface area contributed by atoms with Gasteiger partial charge in [0.15, 0.2) is 0 Å². The van der Waals surface area contributed by atoms with E-state index in [9.17, 15) is 0 Å². The van der Waals surface area contributed by atoms with Gasteiger partial charge in [-0.05, 0) is 62.4 Å². The maximum Gasteiger partial charge on any atom is -0.00203 e. The molecule has 1 nitrogen and oxygen atoms in total. The van der Waals surface area contributed by atoms with Crippen molar-refractivity contribution in [1.29, 1.82) is 0 Å². The molecule has 2 unspecified atom stereocenters. The van der Waals surface area contributed by atoms with Crippen LogP contribution in [0.5, 0.6) is 0 Å². The Morgan fingerprint density at radius 3 is 1.88 bits per heavy atom. The highest BCUT2D eigenvalue weighted by molar-refractivity contribution is 4.69. The number of rotatable bonds is 10. The van der Waals surface area contributed by atoms with Crippen molar-refractivity contribution < 1.29 is 0 Å². The van der Waals surface area contributed by atoms with E-state index in [1.165, 1.54) is 38.8 Å². The summed E-state index contributed by atoms with van der Waals surface area (Å²) in [6.07, 6.45) is 5.39. The second-order valence-corrected chi connectivity index (χ2v) is 6.67. The summed E-state index contributed by atoms with van der Waals surface area (Å²) in [7, 11) is 0. The van der Waals surface area contributed by atoms with E-state index in [4.69, 9.17) is 0 Å². The van der Waals surface area contributed by atoms with Crippen molar-refractivity contribution in [1.82, 2.24) is 5.32 Å². The lowest BCUT2D eigenvalue weighted by atomic mass is 9.85. The van der Waals surface area contributed by atoms with Crippen LogP contribution in [0.3, 0.4) is 0 Å². The minimum Gasteiger partial charge on any atom is -0.316 e. The van der Waals surface area contributed by atoms with Gasteiger partial charge in [0, 0.05) is 0 Å². The Hall–Kier alpha value is -0.0400. The van der Waals surface area contributed by atoms with Crippen molar-refractivity contribution in [3.05, 3.63) is 0 Å². The molecular formula is C16H35N. The Balaban J connectivity index is 3.98. The lowest BCUT2D eigenvalue weighted by molar-refractivity contribution is 0.294. The predicted octanol–water partition coefficient (Wildman–Crippen LogP) is 4.72. The maximum atomic E-state index is 3.60. The van der Waals surface area contributed by atoms with E-state index in [-0.39, 0.29) is 0 Å². The van der Waals surface area contributed by atoms with Crippen LogP contribution in [0.2, 0.25) is 0 Å². The van der Waals surface area contributed by atoms with Crippen LogP contribution in [-0.4, -0.2) is 13.1 Å². The summed E-state index contributed by atoms with van der Waals surface area (Å²) in [6.45, 7) is 16.4. The van der Waals surface area contributed by atoms with Crippen molar-refractivity contribution in [2.24, 2.45) is 23.7 Å². The van der Waals surface area contributed by atoms with Crippen molar-refractivity contribution >= 4 is 0 Å². The minimum absolute atomic E-state index is 0.828. The molecule has 0 fully saturated rings. The Labute approximate surface area is 110 Å². The van der Waals surface area contributed by atoms with E-state index in [1.807, 2.05) is 0 Å². The molecule has 0 radical (unpaired) electrons. The summed E-state index contributed by atoms with van der Waals surface area (Å²) >= 11 is 0. The first-order valence-corrected chi connectivity index (χ1v) is 7.66. The van der Waals surface area contributed by atoms with Crippen LogP contribution in [0.25, 0.3) is 0 Å². The highest BCUT2D eigenvalue weighted by Crippen LogP contribution is 2.23. The van der Waals surface area contributed by atoms with E-state index < -0.39 is 0 Å². The average Bonchev–Trinajstić information content (AvgIpc) is 2.15. The van der Waals surface area contributed by atoms with Crippen molar-refractivity contribution in [2.45, 2.75) is 67.2 Å². The first kappa shape index (κ1) is 17.0. The van der Waals surface area contributed by atoms with Crippen LogP contribution in [0.1, 0.15) is 67.2 Å². The fourth-order valence-corrected chi connectivity index (χ4v) is 2.88. The zero-order chi connectivity index (χ0) is 13.3. The molecule has 0 aromatic carbocycles. The summed E-state index contributed by atoms with van der Waals surface area (Å²) in [5.41, 5.74) is 0. The van der Waals surface area contributed by atoms with Gasteiger partial charge in [0.2, 0.25) is 0 Å². The van der Waals surface area contributed by atoms with Crippen LogP contribution < -0.4 is 5.32 Å². The first-order valence-electron chi connectivity index (χ1n) is 7.66. The molecule has 0 saturated heterocycles. The third kappa shape index (κ3) is 10.8. The van der Waals surface area contributed by atoms with E-state index >= 15 is 0 Å². The molecule has 0 bridgehead atoms. The van der Waals surface area contributed by atoms with Crippen LogP contribution in [0, 0.1) is 23.7 Å². The molecule has 104 valence electrons. The van der Waals surface area contributed by atoms with Gasteiger partial charge in [0.1, 0.15) is 0 Å². The van der Waals surface area contributed by atoms with Gasteiger partial charge < -0.3 is 5.32 Å². The monoisotopic (exact) mass is 241 g/mol. The SMILES string of the molecule is CCCNCC(CC(C)C)CC(C)CC(C)C. The summed E-state index contributed by atoms with van der Waals surface area (Å²) in [6, 6.07) is 0. The zero-order valence-electron chi connectivity index (χ0n) is 13.1. The highest BCUT2D eigenvalue weighted by Gasteiger charge is 2.15. The molecule has 0 aromatic rings. The van der Waals surface area contributed by atoms with Crippen molar-refractivity contribution in [2.75, 3.05) is 13.1 Å². The van der Waals surface area contributed by atoms with E-state index in [0.717, 1.165) is 23.7 Å². The van der Waals surface area contributed by atoms with Gasteiger partial charge in [-0.2, -0.15) is 0 Å². The summed E-state index contributed by atoms with van der Waals surface area (Å²) in [5, 5.41) is 3.60. The van der Waals surface area contributed by atoms with Gasteiger partial charge in [-0.1, -0.05) is 41.5 Å². The van der Waals surface area contributed by atoms with Crippen molar-refractivity contribution in [3.63, 3.8) is 0 Å². The average molecular weight is 241 g/mol. The van der Waals surface area contributed by atoms with Crippen molar-refractivity contribution in [3.8, 4) is 0 Å². The minimum atomic E-state index is 0.828. The molecule has 1 N–H and O–H groups in total. The van der Waals surface area contributed by atoms with E-state index in [0.29, 0.717) is 0 Å². The van der Waals surface area contributed by atoms with Gasteiger partial charge >= 0.3 is 0 Å². The number of nitrogens with one attached hydrogen (secondary N) is 1. The molecule has 17 heavy (non-hydrogen) atoms. The molecule has 1 heteroatoms. The lowest BCUT2D eigenvalue weighted by Gasteiger charge is -2.24. The summed E-state index contributed by atoms with van der Waals surface area (Å²) in [4.78, 5) is 0. The van der Waals surface area contributed by atoms with Gasteiger partial charge in [-0.15, -0.1) is 0 Å². The quantitative estimate of drug-likeness (QED) is 0.546. The fraction of sp³-hybridized carbons (Fsp3) is 1.00. The predicted molar refractivity (Wildman–Crippen MR) is 79.3 cm³/mol. The second-order valence-electron chi connectivity index (χ2n) is 6.67. The third-order valence-electron chi connectivity index (χ3n) is 3.27. The third-order valence-corrected chi connectivity index (χ3v) is 3.27. The molecule has 0 heterocycles. The Morgan fingerprint density at radius 2 is 1.41 bits per heavy atom. The Kier molecular flexibility index (Phi) is 9.91. The normalized spacial score (nSPS) is 15.5. The molecule has 0 amide bonds. The molecule has 0 aliphatic rings.